The number of carbonyl (C=O) groups excluding carboxylic acids is 1. The second kappa shape index (κ2) is 8.97. The lowest BCUT2D eigenvalue weighted by molar-refractivity contribution is -0.131. The van der Waals surface area contributed by atoms with Gasteiger partial charge in [-0.25, -0.2) is 13.2 Å². The molecule has 2 atom stereocenters. The first-order chi connectivity index (χ1) is 15.0. The molecule has 7 nitrogen and oxygen atoms in total. The van der Waals surface area contributed by atoms with Crippen molar-refractivity contribution in [2.24, 2.45) is 0 Å². The molecular weight excluding hydrogens is 423 g/mol. The Balaban J connectivity index is 2.09. The van der Waals surface area contributed by atoms with Gasteiger partial charge in [0.25, 0.3) is 12.0 Å². The average Bonchev–Trinajstić information content (AvgIpc) is 2.74. The predicted octanol–water partition coefficient (Wildman–Crippen LogP) is 4.00. The molecule has 0 aliphatic rings. The van der Waals surface area contributed by atoms with Crippen LogP contribution < -0.4 is 10.9 Å². The number of pyridine rings is 1. The van der Waals surface area contributed by atoms with E-state index in [-0.39, 0.29) is 22.8 Å². The Labute approximate surface area is 182 Å². The van der Waals surface area contributed by atoms with Crippen LogP contribution in [0.15, 0.2) is 35.3 Å². The Bertz CT molecular complexity index is 1230. The second-order valence-electron chi connectivity index (χ2n) is 7.81. The Morgan fingerprint density at radius 2 is 1.78 bits per heavy atom. The summed E-state index contributed by atoms with van der Waals surface area (Å²) < 4.78 is 42.1. The standard InChI is InChI=1S/C22H24F3N5O2/c1-11(14-7-6-8-15(19(14)23)20(24)25)26-21-17-10-30(13(3)22(32)29(4)5)18(31)9-16(17)12(2)27-28-21/h6-11,13,20H,1-5H3,(H,26,28)/t11-,13?/m1/s1. The molecule has 170 valence electrons. The Morgan fingerprint density at radius 3 is 2.41 bits per heavy atom. The van der Waals surface area contributed by atoms with Gasteiger partial charge in [-0.2, -0.15) is 5.10 Å². The third-order valence-corrected chi connectivity index (χ3v) is 5.35. The quantitative estimate of drug-likeness (QED) is 0.618. The molecule has 0 saturated carbocycles. The first-order valence-electron chi connectivity index (χ1n) is 9.96. The van der Waals surface area contributed by atoms with Crippen LogP contribution in [0.25, 0.3) is 10.8 Å². The van der Waals surface area contributed by atoms with Crippen LogP contribution in [-0.2, 0) is 4.79 Å². The fourth-order valence-corrected chi connectivity index (χ4v) is 3.52. The number of hydrogen-bond donors (Lipinski definition) is 1. The van der Waals surface area contributed by atoms with E-state index in [1.807, 2.05) is 0 Å². The number of likely N-dealkylation sites (N-methyl/N-ethyl adjacent to an activating group) is 1. The Morgan fingerprint density at radius 1 is 1.12 bits per heavy atom. The van der Waals surface area contributed by atoms with Crippen LogP contribution in [0.5, 0.6) is 0 Å². The van der Waals surface area contributed by atoms with Crippen molar-refractivity contribution in [3.63, 3.8) is 0 Å². The number of anilines is 1. The molecule has 1 amide bonds. The van der Waals surface area contributed by atoms with Crippen LogP contribution in [0.4, 0.5) is 19.0 Å². The fraction of sp³-hybridized carbons (Fsp3) is 0.364. The maximum atomic E-state index is 14.6. The van der Waals surface area contributed by atoms with Crippen LogP contribution in [-0.4, -0.2) is 39.7 Å². The van der Waals surface area contributed by atoms with E-state index in [0.717, 1.165) is 6.07 Å². The van der Waals surface area contributed by atoms with E-state index in [4.69, 9.17) is 0 Å². The normalized spacial score (nSPS) is 13.3. The summed E-state index contributed by atoms with van der Waals surface area (Å²) in [4.78, 5) is 26.4. The molecule has 0 bridgehead atoms. The van der Waals surface area contributed by atoms with Gasteiger partial charge in [-0.3, -0.25) is 9.59 Å². The zero-order chi connectivity index (χ0) is 23.7. The van der Waals surface area contributed by atoms with Gasteiger partial charge < -0.3 is 14.8 Å². The molecule has 0 aliphatic heterocycles. The minimum atomic E-state index is -2.94. The molecule has 0 aliphatic carbocycles. The van der Waals surface area contributed by atoms with E-state index in [9.17, 15) is 22.8 Å². The van der Waals surface area contributed by atoms with Gasteiger partial charge in [0, 0.05) is 42.7 Å². The number of fused-ring (bicyclic) bond motifs is 1. The van der Waals surface area contributed by atoms with Gasteiger partial charge in [0.1, 0.15) is 11.9 Å². The minimum Gasteiger partial charge on any atom is -0.361 e. The molecular formula is C22H24F3N5O2. The first kappa shape index (κ1) is 23.2. The molecule has 32 heavy (non-hydrogen) atoms. The van der Waals surface area contributed by atoms with Gasteiger partial charge in [0.05, 0.1) is 17.3 Å². The number of benzene rings is 1. The number of alkyl halides is 2. The number of hydrogen-bond acceptors (Lipinski definition) is 5. The highest BCUT2D eigenvalue weighted by atomic mass is 19.3. The van der Waals surface area contributed by atoms with Crippen LogP contribution in [0.1, 0.15) is 49.2 Å². The van der Waals surface area contributed by atoms with Gasteiger partial charge in [-0.15, -0.1) is 5.10 Å². The van der Waals surface area contributed by atoms with Gasteiger partial charge in [-0.1, -0.05) is 18.2 Å². The molecule has 0 spiro atoms. The number of rotatable bonds is 6. The summed E-state index contributed by atoms with van der Waals surface area (Å²) in [6, 6.07) is 3.70. The van der Waals surface area contributed by atoms with Gasteiger partial charge in [0.2, 0.25) is 5.91 Å². The van der Waals surface area contributed by atoms with E-state index < -0.39 is 29.9 Å². The number of amides is 1. The summed E-state index contributed by atoms with van der Waals surface area (Å²) in [5.41, 5.74) is -0.519. The number of halogens is 3. The van der Waals surface area contributed by atoms with Crippen molar-refractivity contribution in [3.8, 4) is 0 Å². The van der Waals surface area contributed by atoms with E-state index in [1.165, 1.54) is 33.9 Å². The van der Waals surface area contributed by atoms with E-state index in [1.54, 1.807) is 34.9 Å². The monoisotopic (exact) mass is 447 g/mol. The molecule has 1 unspecified atom stereocenters. The Hall–Kier alpha value is -3.43. The molecule has 0 fully saturated rings. The smallest absolute Gasteiger partial charge is 0.266 e. The van der Waals surface area contributed by atoms with Gasteiger partial charge in [-0.05, 0) is 20.8 Å². The van der Waals surface area contributed by atoms with Crippen LogP contribution in [0.3, 0.4) is 0 Å². The highest BCUT2D eigenvalue weighted by Gasteiger charge is 2.22. The number of aromatic nitrogens is 3. The van der Waals surface area contributed by atoms with Crippen LogP contribution >= 0.6 is 0 Å². The predicted molar refractivity (Wildman–Crippen MR) is 115 cm³/mol. The molecule has 10 heteroatoms. The van der Waals surface area contributed by atoms with Crippen molar-refractivity contribution in [1.82, 2.24) is 19.7 Å². The van der Waals surface area contributed by atoms with E-state index >= 15 is 0 Å². The number of aryl methyl sites for hydroxylation is 1. The zero-order valence-electron chi connectivity index (χ0n) is 18.4. The van der Waals surface area contributed by atoms with Crippen molar-refractivity contribution >= 4 is 22.5 Å². The zero-order valence-corrected chi connectivity index (χ0v) is 18.4. The lowest BCUT2D eigenvalue weighted by Gasteiger charge is -2.21. The summed E-state index contributed by atoms with van der Waals surface area (Å²) in [6.07, 6.45) is -1.43. The van der Waals surface area contributed by atoms with Crippen molar-refractivity contribution in [1.29, 1.82) is 0 Å². The molecule has 1 N–H and O–H groups in total. The first-order valence-corrected chi connectivity index (χ1v) is 9.96. The second-order valence-corrected chi connectivity index (χ2v) is 7.81. The van der Waals surface area contributed by atoms with Crippen molar-refractivity contribution in [2.75, 3.05) is 19.4 Å². The van der Waals surface area contributed by atoms with Crippen LogP contribution in [0, 0.1) is 12.7 Å². The summed E-state index contributed by atoms with van der Waals surface area (Å²) in [5, 5.41) is 12.2. The van der Waals surface area contributed by atoms with Crippen molar-refractivity contribution < 1.29 is 18.0 Å². The highest BCUT2D eigenvalue weighted by molar-refractivity contribution is 5.92. The fourth-order valence-electron chi connectivity index (χ4n) is 3.52. The summed E-state index contributed by atoms with van der Waals surface area (Å²) >= 11 is 0. The molecule has 0 radical (unpaired) electrons. The Kier molecular flexibility index (Phi) is 6.52. The third kappa shape index (κ3) is 4.30. The molecule has 1 aromatic carbocycles. The summed E-state index contributed by atoms with van der Waals surface area (Å²) in [6.45, 7) is 4.90. The molecule has 2 heterocycles. The summed E-state index contributed by atoms with van der Waals surface area (Å²) in [7, 11) is 3.19. The van der Waals surface area contributed by atoms with Gasteiger partial charge in [0.15, 0.2) is 5.82 Å². The minimum absolute atomic E-state index is 0.0443. The maximum Gasteiger partial charge on any atom is 0.266 e. The maximum absolute atomic E-state index is 14.6. The number of nitrogens with zero attached hydrogens (tertiary/aromatic N) is 4. The summed E-state index contributed by atoms with van der Waals surface area (Å²) in [5.74, 6) is -1.02. The molecule has 0 saturated heterocycles. The number of carbonyl (C=O) groups is 1. The van der Waals surface area contributed by atoms with E-state index in [2.05, 4.69) is 15.5 Å². The van der Waals surface area contributed by atoms with Gasteiger partial charge >= 0.3 is 0 Å². The third-order valence-electron chi connectivity index (χ3n) is 5.35. The molecule has 3 rings (SSSR count). The van der Waals surface area contributed by atoms with E-state index in [0.29, 0.717) is 16.5 Å². The topological polar surface area (TPSA) is 80.1 Å². The van der Waals surface area contributed by atoms with Crippen molar-refractivity contribution in [3.05, 3.63) is 63.5 Å². The lowest BCUT2D eigenvalue weighted by atomic mass is 10.0. The van der Waals surface area contributed by atoms with Crippen LogP contribution in [0.2, 0.25) is 0 Å². The molecule has 3 aromatic rings. The lowest BCUT2D eigenvalue weighted by Crippen LogP contribution is -2.34. The largest absolute Gasteiger partial charge is 0.361 e. The highest BCUT2D eigenvalue weighted by Crippen LogP contribution is 2.30. The molecule has 2 aromatic heterocycles. The SMILES string of the molecule is Cc1nnc(N[C@H](C)c2cccc(C(F)F)c2F)c2cn(C(C)C(=O)N(C)C)c(=O)cc12. The number of nitrogens with one attached hydrogen (secondary N) is 1. The average molecular weight is 447 g/mol. The van der Waals surface area contributed by atoms with Crippen molar-refractivity contribution in [2.45, 2.75) is 39.3 Å².